The average Bonchev–Trinajstić information content (AvgIpc) is 3.09. The third-order valence-electron chi connectivity index (χ3n) is 9.42. The van der Waals surface area contributed by atoms with E-state index < -0.39 is 0 Å². The first-order valence-electron chi connectivity index (χ1n) is 15.6. The lowest BCUT2D eigenvalue weighted by Crippen LogP contribution is -2.30. The Morgan fingerprint density at radius 1 is 0.535 bits per heavy atom. The van der Waals surface area contributed by atoms with Gasteiger partial charge in [0.1, 0.15) is 0 Å². The maximum Gasteiger partial charge on any atom is 0.0723 e. The largest absolute Gasteiger partial charge is 0.326 e. The van der Waals surface area contributed by atoms with Crippen LogP contribution >= 0.6 is 0 Å². The van der Waals surface area contributed by atoms with Crippen molar-refractivity contribution in [1.82, 2.24) is 0 Å². The van der Waals surface area contributed by atoms with Gasteiger partial charge in [-0.2, -0.15) is 0 Å². The molecule has 0 aliphatic heterocycles. The van der Waals surface area contributed by atoms with E-state index in [9.17, 15) is 0 Å². The molecule has 2 nitrogen and oxygen atoms in total. The average molecular weight is 559 g/mol. The Kier molecular flexibility index (Phi) is 7.62. The highest BCUT2D eigenvalue weighted by molar-refractivity contribution is 6.14. The smallest absolute Gasteiger partial charge is 0.0723 e. The zero-order valence-corrected chi connectivity index (χ0v) is 24.7. The molecule has 6 aromatic rings. The van der Waals surface area contributed by atoms with E-state index in [-0.39, 0.29) is 5.41 Å². The fourth-order valence-electron chi connectivity index (χ4n) is 7.00. The SMILES string of the molecule is NCc1ccc(C2(c3ccc(C(=NCc4ccc5ccccc5c4)c4ccc5ccccc5c4)cc3)CCCCC2)cc1. The summed E-state index contributed by atoms with van der Waals surface area (Å²) in [6.45, 7) is 1.21. The summed E-state index contributed by atoms with van der Waals surface area (Å²) >= 11 is 0. The Balaban J connectivity index is 1.28. The number of hydrogen-bond donors (Lipinski definition) is 1. The van der Waals surface area contributed by atoms with Crippen molar-refractivity contribution in [3.8, 4) is 0 Å². The summed E-state index contributed by atoms with van der Waals surface area (Å²) in [4.78, 5) is 5.29. The maximum atomic E-state index is 5.92. The lowest BCUT2D eigenvalue weighted by Gasteiger charge is -2.39. The van der Waals surface area contributed by atoms with Gasteiger partial charge in [0.15, 0.2) is 0 Å². The number of benzene rings is 6. The number of aliphatic imine (C=N–C) groups is 1. The molecule has 1 aliphatic rings. The number of hydrogen-bond acceptors (Lipinski definition) is 2. The van der Waals surface area contributed by atoms with Crippen LogP contribution in [0.1, 0.15) is 65.5 Å². The van der Waals surface area contributed by atoms with Crippen molar-refractivity contribution < 1.29 is 0 Å². The lowest BCUT2D eigenvalue weighted by atomic mass is 9.65. The molecule has 0 spiro atoms. The van der Waals surface area contributed by atoms with E-state index in [0.29, 0.717) is 13.1 Å². The van der Waals surface area contributed by atoms with Crippen LogP contribution in [0.2, 0.25) is 0 Å². The van der Waals surface area contributed by atoms with Gasteiger partial charge in [0, 0.05) is 23.1 Å². The van der Waals surface area contributed by atoms with Gasteiger partial charge in [-0.05, 0) is 68.8 Å². The van der Waals surface area contributed by atoms with Crippen molar-refractivity contribution in [2.24, 2.45) is 10.7 Å². The van der Waals surface area contributed by atoms with Gasteiger partial charge < -0.3 is 5.73 Å². The molecule has 0 saturated heterocycles. The highest BCUT2D eigenvalue weighted by atomic mass is 14.7. The van der Waals surface area contributed by atoms with Crippen LogP contribution in [-0.4, -0.2) is 5.71 Å². The first kappa shape index (κ1) is 27.3. The van der Waals surface area contributed by atoms with Gasteiger partial charge in [0.2, 0.25) is 0 Å². The number of rotatable bonds is 7. The van der Waals surface area contributed by atoms with E-state index in [0.717, 1.165) is 16.8 Å². The quantitative estimate of drug-likeness (QED) is 0.195. The zero-order valence-electron chi connectivity index (χ0n) is 24.7. The Morgan fingerprint density at radius 3 is 1.72 bits per heavy atom. The van der Waals surface area contributed by atoms with Crippen LogP contribution in [0, 0.1) is 0 Å². The molecule has 0 radical (unpaired) electrons. The van der Waals surface area contributed by atoms with Gasteiger partial charge in [-0.15, -0.1) is 0 Å². The van der Waals surface area contributed by atoms with Gasteiger partial charge in [0.25, 0.3) is 0 Å². The molecule has 0 unspecified atom stereocenters. The van der Waals surface area contributed by atoms with Gasteiger partial charge in [-0.1, -0.05) is 141 Å². The topological polar surface area (TPSA) is 38.4 Å². The molecule has 0 atom stereocenters. The molecule has 1 aliphatic carbocycles. The van der Waals surface area contributed by atoms with E-state index in [1.54, 1.807) is 0 Å². The van der Waals surface area contributed by atoms with Gasteiger partial charge >= 0.3 is 0 Å². The summed E-state index contributed by atoms with van der Waals surface area (Å²) in [5.74, 6) is 0. The first-order valence-corrected chi connectivity index (χ1v) is 15.6. The van der Waals surface area contributed by atoms with Gasteiger partial charge in [0.05, 0.1) is 12.3 Å². The third kappa shape index (κ3) is 5.51. The summed E-state index contributed by atoms with van der Waals surface area (Å²) in [6, 6.07) is 48.8. The Bertz CT molecular complexity index is 1890. The maximum absolute atomic E-state index is 5.92. The van der Waals surface area contributed by atoms with Gasteiger partial charge in [-0.25, -0.2) is 0 Å². The second-order valence-electron chi connectivity index (χ2n) is 12.0. The molecule has 0 heterocycles. The molecule has 7 rings (SSSR count). The van der Waals surface area contributed by atoms with E-state index in [1.807, 2.05) is 0 Å². The van der Waals surface area contributed by atoms with E-state index in [1.165, 1.54) is 75.9 Å². The molecule has 0 bridgehead atoms. The summed E-state index contributed by atoms with van der Waals surface area (Å²) in [6.07, 6.45) is 6.20. The molecule has 2 heteroatoms. The van der Waals surface area contributed by atoms with Crippen LogP contribution < -0.4 is 5.73 Å². The summed E-state index contributed by atoms with van der Waals surface area (Å²) in [7, 11) is 0. The van der Waals surface area contributed by atoms with E-state index in [2.05, 4.69) is 133 Å². The predicted molar refractivity (Wildman–Crippen MR) is 182 cm³/mol. The minimum atomic E-state index is 0.0509. The fraction of sp³-hybridized carbons (Fsp3) is 0.195. The standard InChI is InChI=1S/C41H38N2/c42-28-30-13-20-38(21-14-30)41(24-6-1-7-25-41)39-22-18-34(19-23-39)40(37-17-16-33-9-3-5-11-36(33)27-37)43-29-31-12-15-32-8-2-4-10-35(32)26-31/h2-5,8-23,26-27H,1,6-7,24-25,28-29,42H2. The third-order valence-corrected chi connectivity index (χ3v) is 9.42. The van der Waals surface area contributed by atoms with Crippen LogP contribution in [0.25, 0.3) is 21.5 Å². The normalized spacial score (nSPS) is 15.1. The van der Waals surface area contributed by atoms with Crippen molar-refractivity contribution >= 4 is 27.3 Å². The van der Waals surface area contributed by atoms with Crippen LogP contribution in [-0.2, 0) is 18.5 Å². The highest BCUT2D eigenvalue weighted by Crippen LogP contribution is 2.45. The fourth-order valence-corrected chi connectivity index (χ4v) is 7.00. The van der Waals surface area contributed by atoms with Crippen LogP contribution in [0.15, 0.2) is 138 Å². The number of fused-ring (bicyclic) bond motifs is 2. The molecule has 0 amide bonds. The Hall–Kier alpha value is -4.53. The molecule has 43 heavy (non-hydrogen) atoms. The minimum absolute atomic E-state index is 0.0509. The van der Waals surface area contributed by atoms with Crippen molar-refractivity contribution in [3.63, 3.8) is 0 Å². The number of nitrogens with two attached hydrogens (primary N) is 1. The zero-order chi connectivity index (χ0) is 29.1. The minimum Gasteiger partial charge on any atom is -0.326 e. The molecular formula is C41H38N2. The summed E-state index contributed by atoms with van der Waals surface area (Å²) < 4.78 is 0. The molecule has 1 saturated carbocycles. The van der Waals surface area contributed by atoms with Crippen molar-refractivity contribution in [1.29, 1.82) is 0 Å². The summed E-state index contributed by atoms with van der Waals surface area (Å²) in [5, 5.41) is 4.99. The predicted octanol–water partition coefficient (Wildman–Crippen LogP) is 9.74. The first-order chi connectivity index (χ1) is 21.2. The molecular weight excluding hydrogens is 520 g/mol. The molecule has 212 valence electrons. The van der Waals surface area contributed by atoms with Crippen LogP contribution in [0.5, 0.6) is 0 Å². The van der Waals surface area contributed by atoms with Crippen LogP contribution in [0.4, 0.5) is 0 Å². The summed E-state index contributed by atoms with van der Waals surface area (Å²) in [5.41, 5.74) is 14.5. The van der Waals surface area contributed by atoms with Crippen molar-refractivity contribution in [2.45, 2.75) is 50.6 Å². The van der Waals surface area contributed by atoms with Crippen LogP contribution in [0.3, 0.4) is 0 Å². The highest BCUT2D eigenvalue weighted by Gasteiger charge is 2.35. The molecule has 6 aromatic carbocycles. The Labute approximate surface area is 254 Å². The molecule has 0 aromatic heterocycles. The monoisotopic (exact) mass is 558 g/mol. The lowest BCUT2D eigenvalue weighted by molar-refractivity contribution is 0.346. The number of nitrogens with zero attached hydrogens (tertiary/aromatic N) is 1. The van der Waals surface area contributed by atoms with E-state index in [4.69, 9.17) is 10.7 Å². The van der Waals surface area contributed by atoms with E-state index >= 15 is 0 Å². The van der Waals surface area contributed by atoms with Gasteiger partial charge in [-0.3, -0.25) is 4.99 Å². The van der Waals surface area contributed by atoms with Crippen molar-refractivity contribution in [3.05, 3.63) is 167 Å². The second-order valence-corrected chi connectivity index (χ2v) is 12.0. The molecule has 1 fully saturated rings. The Morgan fingerprint density at radius 2 is 1.07 bits per heavy atom. The molecule has 2 N–H and O–H groups in total. The second kappa shape index (κ2) is 12.0. The van der Waals surface area contributed by atoms with Crippen molar-refractivity contribution in [2.75, 3.05) is 0 Å².